The first kappa shape index (κ1) is 9.21. The molecule has 0 amide bonds. The molecule has 1 aromatic heterocycles. The molecule has 0 spiro atoms. The maximum atomic E-state index is 11.5. The van der Waals surface area contributed by atoms with Gasteiger partial charge in [-0.3, -0.25) is 4.79 Å². The second kappa shape index (κ2) is 3.42. The summed E-state index contributed by atoms with van der Waals surface area (Å²) in [5.74, 6) is 0.510. The molecule has 0 fully saturated rings. The first-order valence-corrected chi connectivity index (χ1v) is 4.75. The van der Waals surface area contributed by atoms with Crippen molar-refractivity contribution in [3.05, 3.63) is 40.4 Å². The van der Waals surface area contributed by atoms with Crippen LogP contribution in [0.25, 0.3) is 10.9 Å². The normalized spacial score (nSPS) is 13.0. The van der Waals surface area contributed by atoms with Gasteiger partial charge in [0.2, 0.25) is 0 Å². The zero-order chi connectivity index (χ0) is 10.1. The molecule has 1 unspecified atom stereocenters. The van der Waals surface area contributed by atoms with Gasteiger partial charge in [0.15, 0.2) is 0 Å². The van der Waals surface area contributed by atoms with Crippen LogP contribution >= 0.6 is 11.6 Å². The van der Waals surface area contributed by atoms with Gasteiger partial charge in [-0.2, -0.15) is 0 Å². The van der Waals surface area contributed by atoms with Crippen molar-refractivity contribution in [2.24, 2.45) is 0 Å². The number of fused-ring (bicyclic) bond motifs is 1. The Morgan fingerprint density at radius 2 is 2.14 bits per heavy atom. The minimum atomic E-state index is -0.285. The summed E-state index contributed by atoms with van der Waals surface area (Å²) in [5.41, 5.74) is 0.539. The van der Waals surface area contributed by atoms with E-state index in [9.17, 15) is 4.79 Å². The molecule has 0 bridgehead atoms. The van der Waals surface area contributed by atoms with Crippen LogP contribution in [0.3, 0.4) is 0 Å². The third-order valence-corrected chi connectivity index (χ3v) is 2.21. The monoisotopic (exact) mass is 208 g/mol. The Kier molecular flexibility index (Phi) is 2.25. The molecule has 0 saturated carbocycles. The fraction of sp³-hybridized carbons (Fsp3) is 0.200. The van der Waals surface area contributed by atoms with Gasteiger partial charge in [-0.25, -0.2) is 4.98 Å². The lowest BCUT2D eigenvalue weighted by Crippen LogP contribution is -2.11. The predicted molar refractivity (Wildman–Crippen MR) is 56.6 cm³/mol. The van der Waals surface area contributed by atoms with Gasteiger partial charge in [0, 0.05) is 0 Å². The largest absolute Gasteiger partial charge is 0.309 e. The standard InChI is InChI=1S/C10H9ClN2O/c1-6(11)9-12-8-5-3-2-4-7(8)10(14)13-9/h2-6H,1H3,(H,12,13,14). The van der Waals surface area contributed by atoms with E-state index in [-0.39, 0.29) is 10.9 Å². The van der Waals surface area contributed by atoms with Crippen LogP contribution in [-0.4, -0.2) is 9.97 Å². The smallest absolute Gasteiger partial charge is 0.258 e. The number of hydrogen-bond acceptors (Lipinski definition) is 2. The molecule has 1 atom stereocenters. The Balaban J connectivity index is 2.79. The van der Waals surface area contributed by atoms with Crippen LogP contribution in [0.5, 0.6) is 0 Å². The van der Waals surface area contributed by atoms with E-state index in [0.29, 0.717) is 16.7 Å². The molecule has 14 heavy (non-hydrogen) atoms. The topological polar surface area (TPSA) is 45.8 Å². The summed E-state index contributed by atoms with van der Waals surface area (Å²) in [6, 6.07) is 7.19. The van der Waals surface area contributed by atoms with Gasteiger partial charge < -0.3 is 4.98 Å². The molecule has 2 aromatic rings. The number of aromatic nitrogens is 2. The van der Waals surface area contributed by atoms with Crippen LogP contribution < -0.4 is 5.56 Å². The second-order valence-electron chi connectivity index (χ2n) is 3.08. The van der Waals surface area contributed by atoms with E-state index >= 15 is 0 Å². The Morgan fingerprint density at radius 3 is 2.86 bits per heavy atom. The molecular formula is C10H9ClN2O. The molecule has 0 radical (unpaired) electrons. The first-order valence-electron chi connectivity index (χ1n) is 4.31. The molecular weight excluding hydrogens is 200 g/mol. The second-order valence-corrected chi connectivity index (χ2v) is 3.74. The minimum Gasteiger partial charge on any atom is -0.309 e. The van der Waals surface area contributed by atoms with Crippen molar-refractivity contribution in [1.82, 2.24) is 9.97 Å². The van der Waals surface area contributed by atoms with Crippen LogP contribution in [0.15, 0.2) is 29.1 Å². The van der Waals surface area contributed by atoms with Gasteiger partial charge in [-0.15, -0.1) is 11.6 Å². The summed E-state index contributed by atoms with van der Waals surface area (Å²) in [6.07, 6.45) is 0. The van der Waals surface area contributed by atoms with E-state index in [2.05, 4.69) is 9.97 Å². The van der Waals surface area contributed by atoms with E-state index in [1.807, 2.05) is 12.1 Å². The van der Waals surface area contributed by atoms with Crippen LogP contribution in [0.1, 0.15) is 18.1 Å². The summed E-state index contributed by atoms with van der Waals surface area (Å²) < 4.78 is 0. The summed E-state index contributed by atoms with van der Waals surface area (Å²) >= 11 is 5.84. The first-order chi connectivity index (χ1) is 6.68. The van der Waals surface area contributed by atoms with Gasteiger partial charge in [0.25, 0.3) is 5.56 Å². The number of aromatic amines is 1. The molecule has 4 heteroatoms. The Labute approximate surface area is 85.7 Å². The molecule has 1 N–H and O–H groups in total. The van der Waals surface area contributed by atoms with Crippen LogP contribution in [0.4, 0.5) is 0 Å². The van der Waals surface area contributed by atoms with Gasteiger partial charge in [-0.1, -0.05) is 12.1 Å². The third kappa shape index (κ3) is 1.51. The highest BCUT2D eigenvalue weighted by Gasteiger charge is 2.06. The van der Waals surface area contributed by atoms with Crippen molar-refractivity contribution >= 4 is 22.5 Å². The number of hydrogen-bond donors (Lipinski definition) is 1. The molecule has 3 nitrogen and oxygen atoms in total. The van der Waals surface area contributed by atoms with E-state index in [1.165, 1.54) is 0 Å². The molecule has 0 saturated heterocycles. The van der Waals surface area contributed by atoms with Gasteiger partial charge in [0.1, 0.15) is 5.82 Å². The van der Waals surface area contributed by atoms with Crippen molar-refractivity contribution < 1.29 is 0 Å². The summed E-state index contributed by atoms with van der Waals surface area (Å²) in [5, 5.41) is 0.306. The van der Waals surface area contributed by atoms with E-state index < -0.39 is 0 Å². The number of H-pyrrole nitrogens is 1. The highest BCUT2D eigenvalue weighted by atomic mass is 35.5. The molecule has 0 aliphatic carbocycles. The lowest BCUT2D eigenvalue weighted by Gasteiger charge is -2.03. The number of para-hydroxylation sites is 1. The molecule has 1 aromatic carbocycles. The molecule has 0 aliphatic heterocycles. The zero-order valence-corrected chi connectivity index (χ0v) is 8.38. The lowest BCUT2D eigenvalue weighted by molar-refractivity contribution is 0.914. The molecule has 2 rings (SSSR count). The summed E-state index contributed by atoms with van der Waals surface area (Å²) in [6.45, 7) is 1.77. The fourth-order valence-electron chi connectivity index (χ4n) is 1.29. The molecule has 0 aliphatic rings. The average molecular weight is 209 g/mol. The van der Waals surface area contributed by atoms with E-state index in [1.54, 1.807) is 19.1 Å². The number of benzene rings is 1. The minimum absolute atomic E-state index is 0.141. The van der Waals surface area contributed by atoms with Crippen molar-refractivity contribution in [2.75, 3.05) is 0 Å². The van der Waals surface area contributed by atoms with Crippen LogP contribution in [0, 0.1) is 0 Å². The Hall–Kier alpha value is -1.35. The third-order valence-electron chi connectivity index (χ3n) is 2.01. The zero-order valence-electron chi connectivity index (χ0n) is 7.62. The summed E-state index contributed by atoms with van der Waals surface area (Å²) in [4.78, 5) is 18.4. The number of alkyl halides is 1. The van der Waals surface area contributed by atoms with Crippen molar-refractivity contribution in [3.63, 3.8) is 0 Å². The number of rotatable bonds is 1. The molecule has 1 heterocycles. The summed E-state index contributed by atoms with van der Waals surface area (Å²) in [7, 11) is 0. The number of halogens is 1. The number of nitrogens with one attached hydrogen (secondary N) is 1. The van der Waals surface area contributed by atoms with Gasteiger partial charge >= 0.3 is 0 Å². The average Bonchev–Trinajstić information content (AvgIpc) is 2.17. The highest BCUT2D eigenvalue weighted by molar-refractivity contribution is 6.20. The van der Waals surface area contributed by atoms with Gasteiger partial charge in [-0.05, 0) is 19.1 Å². The van der Waals surface area contributed by atoms with Gasteiger partial charge in [0.05, 0.1) is 16.3 Å². The van der Waals surface area contributed by atoms with Crippen LogP contribution in [0.2, 0.25) is 0 Å². The quantitative estimate of drug-likeness (QED) is 0.731. The maximum Gasteiger partial charge on any atom is 0.258 e. The number of nitrogens with zero attached hydrogens (tertiary/aromatic N) is 1. The van der Waals surface area contributed by atoms with Crippen molar-refractivity contribution in [1.29, 1.82) is 0 Å². The fourth-order valence-corrected chi connectivity index (χ4v) is 1.40. The van der Waals surface area contributed by atoms with E-state index in [0.717, 1.165) is 0 Å². The molecule has 72 valence electrons. The highest BCUT2D eigenvalue weighted by Crippen LogP contribution is 2.15. The Bertz CT molecular complexity index is 519. The van der Waals surface area contributed by atoms with Crippen LogP contribution in [-0.2, 0) is 0 Å². The lowest BCUT2D eigenvalue weighted by atomic mass is 10.2. The maximum absolute atomic E-state index is 11.5. The van der Waals surface area contributed by atoms with Crippen molar-refractivity contribution in [3.8, 4) is 0 Å². The van der Waals surface area contributed by atoms with Crippen molar-refractivity contribution in [2.45, 2.75) is 12.3 Å². The van der Waals surface area contributed by atoms with E-state index in [4.69, 9.17) is 11.6 Å². The predicted octanol–water partition coefficient (Wildman–Crippen LogP) is 2.22. The Morgan fingerprint density at radius 1 is 1.43 bits per heavy atom. The SMILES string of the molecule is CC(Cl)c1nc2ccccc2c(=O)[nH]1.